The van der Waals surface area contributed by atoms with Crippen LogP contribution in [0.1, 0.15) is 55.6 Å². The Balaban J connectivity index is 1.16. The molecule has 1 amide bonds. The number of nitrogens with one attached hydrogen (secondary N) is 2. The van der Waals surface area contributed by atoms with Crippen LogP contribution in [0.2, 0.25) is 0 Å². The Hall–Kier alpha value is -2.37. The van der Waals surface area contributed by atoms with E-state index in [4.69, 9.17) is 4.74 Å². The highest BCUT2D eigenvalue weighted by Gasteiger charge is 2.42. The quantitative estimate of drug-likeness (QED) is 0.752. The van der Waals surface area contributed by atoms with E-state index in [1.165, 1.54) is 11.1 Å². The summed E-state index contributed by atoms with van der Waals surface area (Å²) in [6, 6.07) is 19.3. The molecule has 170 valence electrons. The summed E-state index contributed by atoms with van der Waals surface area (Å²) in [6.45, 7) is 5.05. The molecule has 2 fully saturated rings. The Labute approximate surface area is 191 Å². The topological polar surface area (TPSA) is 53.6 Å². The molecule has 3 heterocycles. The maximum Gasteiger partial charge on any atom is 0.220 e. The zero-order valence-corrected chi connectivity index (χ0v) is 18.9. The minimum absolute atomic E-state index is 0.118. The second-order valence-electron chi connectivity index (χ2n) is 9.78. The largest absolute Gasteiger partial charge is 0.487 e. The molecule has 1 spiro atoms. The molecule has 3 aliphatic heterocycles. The number of piperidine rings is 2. The summed E-state index contributed by atoms with van der Waals surface area (Å²) in [7, 11) is 0. The SMILES string of the molecule is O=C(CC1CC2(CCNCC2)Oc2ccccc21)NC1CCN(Cc2ccccc2)CC1. The Morgan fingerprint density at radius 1 is 1.03 bits per heavy atom. The van der Waals surface area contributed by atoms with Crippen LogP contribution in [0, 0.1) is 0 Å². The molecule has 0 bridgehead atoms. The maximum atomic E-state index is 13.1. The number of ether oxygens (including phenoxy) is 1. The van der Waals surface area contributed by atoms with E-state index in [1.807, 2.05) is 6.07 Å². The second-order valence-corrected chi connectivity index (χ2v) is 9.78. The van der Waals surface area contributed by atoms with E-state index in [9.17, 15) is 4.79 Å². The van der Waals surface area contributed by atoms with Gasteiger partial charge < -0.3 is 15.4 Å². The monoisotopic (exact) mass is 433 g/mol. The van der Waals surface area contributed by atoms with Crippen LogP contribution in [0.25, 0.3) is 0 Å². The van der Waals surface area contributed by atoms with E-state index in [2.05, 4.69) is 64.1 Å². The molecule has 0 radical (unpaired) electrons. The molecule has 2 saturated heterocycles. The fourth-order valence-corrected chi connectivity index (χ4v) is 5.70. The van der Waals surface area contributed by atoms with Gasteiger partial charge in [-0.05, 0) is 62.4 Å². The normalized spacial score (nSPS) is 23.3. The molecule has 32 heavy (non-hydrogen) atoms. The summed E-state index contributed by atoms with van der Waals surface area (Å²) in [5, 5.41) is 6.80. The summed E-state index contributed by atoms with van der Waals surface area (Å²) in [6.07, 6.45) is 5.57. The Morgan fingerprint density at radius 2 is 1.75 bits per heavy atom. The number of amides is 1. The van der Waals surface area contributed by atoms with Crippen molar-refractivity contribution in [1.82, 2.24) is 15.5 Å². The number of nitrogens with zero attached hydrogens (tertiary/aromatic N) is 1. The maximum absolute atomic E-state index is 13.1. The fraction of sp³-hybridized carbons (Fsp3) is 0.519. The van der Waals surface area contributed by atoms with Crippen molar-refractivity contribution in [2.45, 2.75) is 62.6 Å². The predicted octanol–water partition coefficient (Wildman–Crippen LogP) is 3.85. The molecule has 2 N–H and O–H groups in total. The van der Waals surface area contributed by atoms with E-state index >= 15 is 0 Å². The van der Waals surface area contributed by atoms with Crippen LogP contribution in [-0.4, -0.2) is 48.6 Å². The number of carbonyl (C=O) groups is 1. The first-order valence-electron chi connectivity index (χ1n) is 12.2. The third-order valence-corrected chi connectivity index (χ3v) is 7.45. The standard InChI is InChI=1S/C27H35N3O2/c31-26(29-23-10-16-30(17-11-23)20-21-6-2-1-3-7-21)18-22-19-27(12-14-28-15-13-27)32-25-9-5-4-8-24(22)25/h1-9,22-23,28H,10-20H2,(H,29,31). The van der Waals surface area contributed by atoms with Gasteiger partial charge in [0.25, 0.3) is 0 Å². The van der Waals surface area contributed by atoms with Gasteiger partial charge in [-0.2, -0.15) is 0 Å². The van der Waals surface area contributed by atoms with Gasteiger partial charge in [0.1, 0.15) is 11.4 Å². The van der Waals surface area contributed by atoms with Gasteiger partial charge in [-0.1, -0.05) is 48.5 Å². The molecule has 2 aromatic rings. The third kappa shape index (κ3) is 5.00. The lowest BCUT2D eigenvalue weighted by Gasteiger charge is -2.44. The van der Waals surface area contributed by atoms with Crippen LogP contribution < -0.4 is 15.4 Å². The molecule has 2 aromatic carbocycles. The molecule has 0 aliphatic carbocycles. The average Bonchev–Trinajstić information content (AvgIpc) is 2.81. The highest BCUT2D eigenvalue weighted by molar-refractivity contribution is 5.77. The first-order valence-corrected chi connectivity index (χ1v) is 12.2. The van der Waals surface area contributed by atoms with Gasteiger partial charge in [-0.25, -0.2) is 0 Å². The Morgan fingerprint density at radius 3 is 2.53 bits per heavy atom. The summed E-state index contributed by atoms with van der Waals surface area (Å²) >= 11 is 0. The molecule has 3 aliphatic rings. The van der Waals surface area contributed by atoms with Gasteiger partial charge in [0.15, 0.2) is 0 Å². The van der Waals surface area contributed by atoms with Crippen LogP contribution in [0.4, 0.5) is 0 Å². The van der Waals surface area contributed by atoms with Crippen molar-refractivity contribution in [2.75, 3.05) is 26.2 Å². The van der Waals surface area contributed by atoms with E-state index in [0.717, 1.165) is 70.6 Å². The number of carbonyl (C=O) groups excluding carboxylic acids is 1. The van der Waals surface area contributed by atoms with Crippen LogP contribution in [0.5, 0.6) is 5.75 Å². The summed E-state index contributed by atoms with van der Waals surface area (Å²) in [5.74, 6) is 1.40. The van der Waals surface area contributed by atoms with E-state index in [-0.39, 0.29) is 23.5 Å². The molecule has 0 aromatic heterocycles. The van der Waals surface area contributed by atoms with Gasteiger partial charge in [0.2, 0.25) is 5.91 Å². The van der Waals surface area contributed by atoms with Crippen LogP contribution in [-0.2, 0) is 11.3 Å². The molecule has 0 saturated carbocycles. The van der Waals surface area contributed by atoms with E-state index in [1.54, 1.807) is 0 Å². The predicted molar refractivity (Wildman–Crippen MR) is 127 cm³/mol. The first kappa shape index (κ1) is 21.5. The summed E-state index contributed by atoms with van der Waals surface area (Å²) in [5.41, 5.74) is 2.44. The van der Waals surface area contributed by atoms with Crippen LogP contribution in [0.3, 0.4) is 0 Å². The number of benzene rings is 2. The highest BCUT2D eigenvalue weighted by Crippen LogP contribution is 2.45. The van der Waals surface area contributed by atoms with Gasteiger partial charge in [-0.15, -0.1) is 0 Å². The van der Waals surface area contributed by atoms with Gasteiger partial charge in [0, 0.05) is 38.0 Å². The fourth-order valence-electron chi connectivity index (χ4n) is 5.70. The zero-order valence-electron chi connectivity index (χ0n) is 18.9. The molecule has 5 nitrogen and oxygen atoms in total. The van der Waals surface area contributed by atoms with E-state index in [0.29, 0.717) is 6.42 Å². The molecule has 5 rings (SSSR count). The lowest BCUT2D eigenvalue weighted by molar-refractivity contribution is -0.123. The smallest absolute Gasteiger partial charge is 0.220 e. The van der Waals surface area contributed by atoms with E-state index < -0.39 is 0 Å². The first-order chi connectivity index (χ1) is 15.7. The van der Waals surface area contributed by atoms with Crippen molar-refractivity contribution in [1.29, 1.82) is 0 Å². The van der Waals surface area contributed by atoms with Crippen molar-refractivity contribution in [2.24, 2.45) is 0 Å². The van der Waals surface area contributed by atoms with Crippen molar-refractivity contribution in [3.63, 3.8) is 0 Å². The van der Waals surface area contributed by atoms with Gasteiger partial charge in [0.05, 0.1) is 0 Å². The number of likely N-dealkylation sites (tertiary alicyclic amines) is 1. The van der Waals surface area contributed by atoms with Crippen molar-refractivity contribution in [3.05, 3.63) is 65.7 Å². The zero-order chi connectivity index (χ0) is 21.8. The van der Waals surface area contributed by atoms with Crippen LogP contribution >= 0.6 is 0 Å². The minimum atomic E-state index is -0.118. The summed E-state index contributed by atoms with van der Waals surface area (Å²) in [4.78, 5) is 15.5. The number of hydrogen-bond donors (Lipinski definition) is 2. The number of para-hydroxylation sites is 1. The minimum Gasteiger partial charge on any atom is -0.487 e. The molecular weight excluding hydrogens is 398 g/mol. The van der Waals surface area contributed by atoms with Gasteiger partial charge in [-0.3, -0.25) is 9.69 Å². The van der Waals surface area contributed by atoms with Crippen LogP contribution in [0.15, 0.2) is 54.6 Å². The Kier molecular flexibility index (Phi) is 6.47. The highest BCUT2D eigenvalue weighted by atomic mass is 16.5. The van der Waals surface area contributed by atoms with Crippen molar-refractivity contribution >= 4 is 5.91 Å². The number of rotatable bonds is 5. The molecule has 1 unspecified atom stereocenters. The lowest BCUT2D eigenvalue weighted by atomic mass is 9.76. The molecular formula is C27H35N3O2. The van der Waals surface area contributed by atoms with Crippen molar-refractivity contribution < 1.29 is 9.53 Å². The summed E-state index contributed by atoms with van der Waals surface area (Å²) < 4.78 is 6.51. The molecule has 1 atom stereocenters. The number of hydrogen-bond acceptors (Lipinski definition) is 4. The molecule has 5 heteroatoms. The Bertz CT molecular complexity index is 902. The van der Waals surface area contributed by atoms with Gasteiger partial charge >= 0.3 is 0 Å². The average molecular weight is 434 g/mol. The third-order valence-electron chi connectivity index (χ3n) is 7.45. The van der Waals surface area contributed by atoms with Crippen molar-refractivity contribution in [3.8, 4) is 5.75 Å². The number of fused-ring (bicyclic) bond motifs is 1. The lowest BCUT2D eigenvalue weighted by Crippen LogP contribution is -2.50. The second kappa shape index (κ2) is 9.63.